The number of hydrazone groups is 1. The number of carbonyl (C=O) groups is 1. The maximum Gasteiger partial charge on any atom is 0.262 e. The summed E-state index contributed by atoms with van der Waals surface area (Å²) in [5, 5.41) is 17.1. The van der Waals surface area contributed by atoms with Crippen molar-refractivity contribution in [3.05, 3.63) is 83.6 Å². The Bertz CT molecular complexity index is 1010. The third kappa shape index (κ3) is 5.42. The fourth-order valence-electron chi connectivity index (χ4n) is 2.86. The van der Waals surface area contributed by atoms with Crippen molar-refractivity contribution >= 4 is 23.0 Å². The second kappa shape index (κ2) is 9.01. The first-order valence-corrected chi connectivity index (χ1v) is 9.28. The second-order valence-electron chi connectivity index (χ2n) is 6.80. The van der Waals surface area contributed by atoms with Gasteiger partial charge < -0.3 is 10.1 Å². The van der Waals surface area contributed by atoms with E-state index < -0.39 is 0 Å². The van der Waals surface area contributed by atoms with Crippen molar-refractivity contribution < 1.29 is 9.53 Å². The molecule has 0 fully saturated rings. The highest BCUT2D eigenvalue weighted by atomic mass is 16.5. The summed E-state index contributed by atoms with van der Waals surface area (Å²) in [4.78, 5) is 12.3. The minimum atomic E-state index is -0.273. The number of amides is 1. The summed E-state index contributed by atoms with van der Waals surface area (Å²) in [5.41, 5.74) is 4.34. The molecule has 0 unspecified atom stereocenters. The van der Waals surface area contributed by atoms with Gasteiger partial charge in [-0.1, -0.05) is 35.9 Å². The molecule has 0 atom stereocenters. The van der Waals surface area contributed by atoms with Crippen LogP contribution >= 0.6 is 0 Å². The fourth-order valence-corrected chi connectivity index (χ4v) is 2.86. The molecule has 2 aromatic carbocycles. The number of nitrogens with zero attached hydrogens (tertiary/aromatic N) is 2. The molecule has 1 aliphatic rings. The molecule has 0 heterocycles. The van der Waals surface area contributed by atoms with Crippen molar-refractivity contribution in [1.82, 2.24) is 5.32 Å². The number of carbonyl (C=O) groups excluding carboxylic acids is 1. The van der Waals surface area contributed by atoms with Gasteiger partial charge in [-0.3, -0.25) is 15.2 Å². The van der Waals surface area contributed by atoms with Crippen molar-refractivity contribution in [3.63, 3.8) is 0 Å². The van der Waals surface area contributed by atoms with Crippen molar-refractivity contribution in [3.8, 4) is 5.75 Å². The quantitative estimate of drug-likeness (QED) is 0.584. The number of rotatable bonds is 6. The van der Waals surface area contributed by atoms with Gasteiger partial charge >= 0.3 is 0 Å². The molecule has 3 rings (SSSR count). The molecule has 0 spiro atoms. The SMILES string of the molecule is Cc1ccc(OCC(=O)NC2=CC(=NN(C)c3ccccc3)C(=N)C=C2)c(C)c1. The smallest absolute Gasteiger partial charge is 0.262 e. The minimum Gasteiger partial charge on any atom is -0.483 e. The lowest BCUT2D eigenvalue weighted by Gasteiger charge is -2.17. The van der Waals surface area contributed by atoms with Gasteiger partial charge in [-0.15, -0.1) is 0 Å². The normalized spacial score (nSPS) is 14.5. The van der Waals surface area contributed by atoms with Crippen LogP contribution in [0.3, 0.4) is 0 Å². The van der Waals surface area contributed by atoms with Crippen molar-refractivity contribution in [2.45, 2.75) is 13.8 Å². The van der Waals surface area contributed by atoms with Gasteiger partial charge in [0.05, 0.1) is 11.4 Å². The van der Waals surface area contributed by atoms with Gasteiger partial charge in [0.15, 0.2) is 6.61 Å². The van der Waals surface area contributed by atoms with E-state index in [1.54, 1.807) is 23.2 Å². The van der Waals surface area contributed by atoms with Crippen LogP contribution in [0.5, 0.6) is 5.75 Å². The van der Waals surface area contributed by atoms with Crippen molar-refractivity contribution in [2.75, 3.05) is 18.7 Å². The van der Waals surface area contributed by atoms with E-state index in [-0.39, 0.29) is 18.2 Å². The van der Waals surface area contributed by atoms with Gasteiger partial charge in [-0.25, -0.2) is 0 Å². The molecular weight excluding hydrogens is 364 g/mol. The number of anilines is 1. The van der Waals surface area contributed by atoms with Crippen LogP contribution in [0.1, 0.15) is 11.1 Å². The number of nitrogens with one attached hydrogen (secondary N) is 2. The van der Waals surface area contributed by atoms with Gasteiger partial charge in [0.25, 0.3) is 5.91 Å². The molecule has 0 aromatic heterocycles. The largest absolute Gasteiger partial charge is 0.483 e. The average molecular weight is 388 g/mol. The van der Waals surface area contributed by atoms with Crippen LogP contribution in [-0.4, -0.2) is 31.0 Å². The Morgan fingerprint density at radius 2 is 1.90 bits per heavy atom. The second-order valence-corrected chi connectivity index (χ2v) is 6.80. The molecule has 0 radical (unpaired) electrons. The van der Waals surface area contributed by atoms with Gasteiger partial charge in [-0.05, 0) is 55.8 Å². The zero-order valence-corrected chi connectivity index (χ0v) is 16.8. The number of benzene rings is 2. The van der Waals surface area contributed by atoms with Crippen molar-refractivity contribution in [2.24, 2.45) is 5.10 Å². The maximum absolute atomic E-state index is 12.3. The lowest BCUT2D eigenvalue weighted by atomic mass is 10.1. The van der Waals surface area contributed by atoms with Crippen LogP contribution in [0, 0.1) is 19.3 Å². The lowest BCUT2D eigenvalue weighted by Crippen LogP contribution is -2.30. The third-order valence-electron chi connectivity index (χ3n) is 4.36. The Balaban J connectivity index is 1.64. The number of ether oxygens (including phenoxy) is 1. The monoisotopic (exact) mass is 388 g/mol. The fraction of sp³-hybridized carbons (Fsp3) is 0.174. The van der Waals surface area contributed by atoms with Crippen LogP contribution in [0.25, 0.3) is 0 Å². The summed E-state index contributed by atoms with van der Waals surface area (Å²) in [5.74, 6) is 0.414. The molecule has 6 heteroatoms. The van der Waals surface area contributed by atoms with Gasteiger partial charge in [-0.2, -0.15) is 5.10 Å². The molecule has 6 nitrogen and oxygen atoms in total. The standard InChI is InChI=1S/C23H24N4O2/c1-16-9-12-22(17(2)13-16)29-15-23(28)25-18-10-11-20(24)21(14-18)26-27(3)19-7-5-4-6-8-19/h4-14,24H,15H2,1-3H3,(H,25,28). The van der Waals surface area contributed by atoms with Crippen LogP contribution in [0.15, 0.2) is 77.6 Å². The lowest BCUT2D eigenvalue weighted by molar-refractivity contribution is -0.122. The third-order valence-corrected chi connectivity index (χ3v) is 4.36. The van der Waals surface area contributed by atoms with E-state index >= 15 is 0 Å². The number of hydrogen-bond acceptors (Lipinski definition) is 5. The zero-order valence-electron chi connectivity index (χ0n) is 16.8. The molecular formula is C23H24N4O2. The van der Waals surface area contributed by atoms with E-state index in [9.17, 15) is 4.79 Å². The predicted molar refractivity (Wildman–Crippen MR) is 117 cm³/mol. The summed E-state index contributed by atoms with van der Waals surface area (Å²) in [6.07, 6.45) is 4.97. The first kappa shape index (κ1) is 20.1. The molecule has 148 valence electrons. The number of allylic oxidation sites excluding steroid dienone is 3. The summed E-state index contributed by atoms with van der Waals surface area (Å²) in [7, 11) is 1.82. The van der Waals surface area contributed by atoms with Crippen LogP contribution < -0.4 is 15.1 Å². The molecule has 1 aliphatic carbocycles. The number of aryl methyl sites for hydroxylation is 2. The predicted octanol–water partition coefficient (Wildman–Crippen LogP) is 3.76. The minimum absolute atomic E-state index is 0.0943. The molecule has 29 heavy (non-hydrogen) atoms. The van der Waals surface area contributed by atoms with E-state index in [2.05, 4.69) is 10.4 Å². The van der Waals surface area contributed by atoms with E-state index in [1.165, 1.54) is 0 Å². The average Bonchev–Trinajstić information content (AvgIpc) is 2.70. The summed E-state index contributed by atoms with van der Waals surface area (Å²) < 4.78 is 5.62. The summed E-state index contributed by atoms with van der Waals surface area (Å²) in [6.45, 7) is 3.87. The van der Waals surface area contributed by atoms with E-state index in [4.69, 9.17) is 10.1 Å². The number of hydrogen-bond donors (Lipinski definition) is 2. The van der Waals surface area contributed by atoms with Crippen LogP contribution in [0.2, 0.25) is 0 Å². The molecule has 0 saturated carbocycles. The summed E-state index contributed by atoms with van der Waals surface area (Å²) >= 11 is 0. The molecule has 2 aromatic rings. The Morgan fingerprint density at radius 3 is 2.62 bits per heavy atom. The number of para-hydroxylation sites is 1. The van der Waals surface area contributed by atoms with Gasteiger partial charge in [0.2, 0.25) is 0 Å². The first-order valence-electron chi connectivity index (χ1n) is 9.28. The molecule has 0 aliphatic heterocycles. The van der Waals surface area contributed by atoms with Gasteiger partial charge in [0.1, 0.15) is 11.5 Å². The Morgan fingerprint density at radius 1 is 1.14 bits per heavy atom. The maximum atomic E-state index is 12.3. The molecule has 0 bridgehead atoms. The van der Waals surface area contributed by atoms with E-state index in [1.807, 2.05) is 69.4 Å². The highest BCUT2D eigenvalue weighted by molar-refractivity contribution is 6.50. The topological polar surface area (TPSA) is 77.8 Å². The highest BCUT2D eigenvalue weighted by Gasteiger charge is 2.13. The van der Waals surface area contributed by atoms with Crippen LogP contribution in [0.4, 0.5) is 5.69 Å². The van der Waals surface area contributed by atoms with E-state index in [0.717, 1.165) is 16.8 Å². The highest BCUT2D eigenvalue weighted by Crippen LogP contribution is 2.18. The zero-order chi connectivity index (χ0) is 20.8. The summed E-state index contributed by atoms with van der Waals surface area (Å²) in [6, 6.07) is 15.5. The van der Waals surface area contributed by atoms with E-state index in [0.29, 0.717) is 17.2 Å². The Kier molecular flexibility index (Phi) is 6.24. The van der Waals surface area contributed by atoms with Crippen molar-refractivity contribution in [1.29, 1.82) is 5.41 Å². The van der Waals surface area contributed by atoms with Crippen LogP contribution in [-0.2, 0) is 4.79 Å². The Hall–Kier alpha value is -3.67. The Labute approximate surface area is 170 Å². The molecule has 0 saturated heterocycles. The van der Waals surface area contributed by atoms with Gasteiger partial charge in [0, 0.05) is 12.7 Å². The first-order chi connectivity index (χ1) is 13.9. The molecule has 1 amide bonds. The molecule has 2 N–H and O–H groups in total.